The van der Waals surface area contributed by atoms with E-state index in [4.69, 9.17) is 27.9 Å². The fourth-order valence-corrected chi connectivity index (χ4v) is 4.44. The molecule has 0 radical (unpaired) electrons. The van der Waals surface area contributed by atoms with E-state index in [1.54, 1.807) is 54.9 Å². The average Bonchev–Trinajstić information content (AvgIpc) is 3.10. The maximum atomic E-state index is 13.3. The van der Waals surface area contributed by atoms with Gasteiger partial charge in [-0.05, 0) is 65.9 Å². The van der Waals surface area contributed by atoms with Crippen LogP contribution in [0.1, 0.15) is 42.1 Å². The van der Waals surface area contributed by atoms with Gasteiger partial charge in [-0.3, -0.25) is 14.6 Å². The smallest absolute Gasteiger partial charge is 0.295 e. The van der Waals surface area contributed by atoms with Crippen molar-refractivity contribution in [2.75, 3.05) is 6.61 Å². The molecule has 36 heavy (non-hydrogen) atoms. The van der Waals surface area contributed by atoms with Gasteiger partial charge in [0.05, 0.1) is 28.3 Å². The van der Waals surface area contributed by atoms with Gasteiger partial charge in [-0.2, -0.15) is 0 Å². The lowest BCUT2D eigenvalue weighted by molar-refractivity contribution is -0.140. The van der Waals surface area contributed by atoms with Crippen LogP contribution in [0.2, 0.25) is 10.0 Å². The first-order valence-corrected chi connectivity index (χ1v) is 12.3. The molecule has 1 N–H and O–H groups in total. The van der Waals surface area contributed by atoms with Crippen LogP contribution in [0.4, 0.5) is 0 Å². The summed E-state index contributed by atoms with van der Waals surface area (Å²) in [5.41, 5.74) is 2.50. The first-order valence-electron chi connectivity index (χ1n) is 11.5. The Hall–Kier alpha value is -3.35. The van der Waals surface area contributed by atoms with Crippen LogP contribution >= 0.6 is 23.2 Å². The number of halogens is 2. The van der Waals surface area contributed by atoms with E-state index < -0.39 is 17.7 Å². The fourth-order valence-electron chi connectivity index (χ4n) is 4.13. The predicted octanol–water partition coefficient (Wildman–Crippen LogP) is 6.35. The second kappa shape index (κ2) is 10.7. The van der Waals surface area contributed by atoms with Gasteiger partial charge < -0.3 is 14.7 Å². The van der Waals surface area contributed by atoms with Gasteiger partial charge in [-0.15, -0.1) is 0 Å². The van der Waals surface area contributed by atoms with E-state index in [0.29, 0.717) is 34.4 Å². The van der Waals surface area contributed by atoms with E-state index >= 15 is 0 Å². The molecule has 1 aromatic heterocycles. The highest BCUT2D eigenvalue weighted by Gasteiger charge is 2.46. The maximum absolute atomic E-state index is 13.3. The highest BCUT2D eigenvalue weighted by molar-refractivity contribution is 6.46. The zero-order valence-corrected chi connectivity index (χ0v) is 21.7. The molecule has 1 fully saturated rings. The largest absolute Gasteiger partial charge is 0.507 e. The first kappa shape index (κ1) is 25.7. The second-order valence-electron chi connectivity index (χ2n) is 9.15. The Morgan fingerprint density at radius 2 is 1.89 bits per heavy atom. The number of pyridine rings is 1. The molecular formula is C28H26Cl2N2O4. The lowest BCUT2D eigenvalue weighted by atomic mass is 9.94. The number of nitrogens with zero attached hydrogens (tertiary/aromatic N) is 2. The molecule has 0 saturated carbocycles. The minimum atomic E-state index is -0.864. The summed E-state index contributed by atoms with van der Waals surface area (Å²) < 4.78 is 5.83. The number of aliphatic hydroxyl groups excluding tert-OH is 1. The molecule has 1 aliphatic heterocycles. The minimum absolute atomic E-state index is 0.0162. The number of hydrogen-bond donors (Lipinski definition) is 1. The van der Waals surface area contributed by atoms with Crippen LogP contribution in [-0.2, 0) is 16.1 Å². The van der Waals surface area contributed by atoms with Crippen molar-refractivity contribution in [1.82, 2.24) is 9.88 Å². The van der Waals surface area contributed by atoms with E-state index in [-0.39, 0.29) is 22.9 Å². The number of benzene rings is 2. The third-order valence-corrected chi connectivity index (χ3v) is 6.63. The molecule has 4 rings (SSSR count). The van der Waals surface area contributed by atoms with Crippen LogP contribution in [-0.4, -0.2) is 33.3 Å². The topological polar surface area (TPSA) is 79.7 Å². The highest BCUT2D eigenvalue weighted by atomic mass is 35.5. The highest BCUT2D eigenvalue weighted by Crippen LogP contribution is 2.42. The average molecular weight is 525 g/mol. The molecule has 8 heteroatoms. The van der Waals surface area contributed by atoms with E-state index in [1.807, 2.05) is 13.0 Å². The number of aryl methyl sites for hydroxylation is 1. The third-order valence-electron chi connectivity index (χ3n) is 5.90. The van der Waals surface area contributed by atoms with E-state index in [1.165, 1.54) is 4.90 Å². The van der Waals surface area contributed by atoms with Crippen LogP contribution in [0.3, 0.4) is 0 Å². The Kier molecular flexibility index (Phi) is 7.67. The molecule has 3 aromatic rings. The van der Waals surface area contributed by atoms with Crippen LogP contribution in [0, 0.1) is 12.8 Å². The van der Waals surface area contributed by atoms with Crippen molar-refractivity contribution in [2.24, 2.45) is 5.92 Å². The quantitative estimate of drug-likeness (QED) is 0.221. The molecule has 6 nitrogen and oxygen atoms in total. The molecule has 0 spiro atoms. The lowest BCUT2D eigenvalue weighted by Crippen LogP contribution is -2.29. The minimum Gasteiger partial charge on any atom is -0.507 e. The van der Waals surface area contributed by atoms with Crippen LogP contribution in [0.25, 0.3) is 5.76 Å². The Morgan fingerprint density at radius 1 is 1.11 bits per heavy atom. The van der Waals surface area contributed by atoms with Crippen LogP contribution in [0.5, 0.6) is 5.75 Å². The number of ether oxygens (including phenoxy) is 1. The van der Waals surface area contributed by atoms with Gasteiger partial charge in [0.2, 0.25) is 0 Å². The number of carbonyl (C=O) groups is 2. The van der Waals surface area contributed by atoms with Crippen molar-refractivity contribution in [1.29, 1.82) is 0 Å². The van der Waals surface area contributed by atoms with Crippen molar-refractivity contribution in [3.8, 4) is 5.75 Å². The van der Waals surface area contributed by atoms with Gasteiger partial charge in [-0.25, -0.2) is 0 Å². The second-order valence-corrected chi connectivity index (χ2v) is 9.96. The first-order chi connectivity index (χ1) is 17.2. The van der Waals surface area contributed by atoms with Crippen LogP contribution < -0.4 is 4.74 Å². The molecule has 2 aromatic carbocycles. The van der Waals surface area contributed by atoms with Gasteiger partial charge in [0.25, 0.3) is 11.7 Å². The van der Waals surface area contributed by atoms with Gasteiger partial charge in [0, 0.05) is 24.5 Å². The van der Waals surface area contributed by atoms with Gasteiger partial charge in [0.1, 0.15) is 11.5 Å². The normalized spacial score (nSPS) is 17.2. The van der Waals surface area contributed by atoms with E-state index in [2.05, 4.69) is 18.8 Å². The summed E-state index contributed by atoms with van der Waals surface area (Å²) in [5, 5.41) is 12.0. The van der Waals surface area contributed by atoms with Crippen molar-refractivity contribution in [3.63, 3.8) is 0 Å². The lowest BCUT2D eigenvalue weighted by Gasteiger charge is -2.25. The van der Waals surface area contributed by atoms with Crippen molar-refractivity contribution in [2.45, 2.75) is 33.4 Å². The number of aliphatic hydroxyl groups is 1. The number of carbonyl (C=O) groups excluding carboxylic acids is 2. The van der Waals surface area contributed by atoms with Crippen molar-refractivity contribution in [3.05, 3.63) is 98.8 Å². The standard InChI is InChI=1S/C28H26Cl2N2O4/c1-16(2)15-36-23-9-7-20(11-17(23)3)26(33)24-25(19-6-8-21(29)22(30)12-19)32(28(35)27(24)34)14-18-5-4-10-31-13-18/h4-13,16,25,33H,14-15H2,1-3H3/b26-24+/t25-/m1/s1. The third kappa shape index (κ3) is 5.25. The Balaban J connectivity index is 1.81. The molecule has 0 bridgehead atoms. The summed E-state index contributed by atoms with van der Waals surface area (Å²) in [7, 11) is 0. The number of Topliss-reactive ketones (excluding diaryl/α,β-unsaturated/α-hetero) is 1. The van der Waals surface area contributed by atoms with Gasteiger partial charge >= 0.3 is 0 Å². The van der Waals surface area contributed by atoms with Crippen molar-refractivity contribution >= 4 is 40.7 Å². The molecule has 1 atom stereocenters. The SMILES string of the molecule is Cc1cc(/C(O)=C2\C(=O)C(=O)N(Cc3cccnc3)[C@@H]2c2ccc(Cl)c(Cl)c2)ccc1OCC(C)C. The number of rotatable bonds is 7. The molecule has 2 heterocycles. The van der Waals surface area contributed by atoms with Crippen LogP contribution in [0.15, 0.2) is 66.5 Å². The maximum Gasteiger partial charge on any atom is 0.295 e. The summed E-state index contributed by atoms with van der Waals surface area (Å²) in [6.45, 7) is 6.67. The molecule has 0 unspecified atom stereocenters. The van der Waals surface area contributed by atoms with E-state index in [0.717, 1.165) is 11.1 Å². The molecule has 1 amide bonds. The molecule has 0 aliphatic carbocycles. The summed E-state index contributed by atoms with van der Waals surface area (Å²) in [6, 6.07) is 12.8. The summed E-state index contributed by atoms with van der Waals surface area (Å²) >= 11 is 12.4. The number of likely N-dealkylation sites (tertiary alicyclic amines) is 1. The van der Waals surface area contributed by atoms with Gasteiger partial charge in [0.15, 0.2) is 0 Å². The monoisotopic (exact) mass is 524 g/mol. The number of amides is 1. The molecule has 1 aliphatic rings. The predicted molar refractivity (Wildman–Crippen MR) is 140 cm³/mol. The Labute approximate surface area is 220 Å². The zero-order valence-electron chi connectivity index (χ0n) is 20.2. The zero-order chi connectivity index (χ0) is 26.0. The van der Waals surface area contributed by atoms with E-state index in [9.17, 15) is 14.7 Å². The Bertz CT molecular complexity index is 1340. The Morgan fingerprint density at radius 3 is 2.53 bits per heavy atom. The molecular weight excluding hydrogens is 499 g/mol. The summed E-state index contributed by atoms with van der Waals surface area (Å²) in [5.74, 6) is -0.704. The van der Waals surface area contributed by atoms with Crippen molar-refractivity contribution < 1.29 is 19.4 Å². The summed E-state index contributed by atoms with van der Waals surface area (Å²) in [6.07, 6.45) is 3.26. The number of aromatic nitrogens is 1. The van der Waals surface area contributed by atoms with Gasteiger partial charge in [-0.1, -0.05) is 49.2 Å². The molecule has 1 saturated heterocycles. The molecule has 186 valence electrons. The summed E-state index contributed by atoms with van der Waals surface area (Å²) in [4.78, 5) is 32.0. The number of hydrogen-bond acceptors (Lipinski definition) is 5. The fraction of sp³-hybridized carbons (Fsp3) is 0.250. The number of ketones is 1.